The Morgan fingerprint density at radius 2 is 2.00 bits per heavy atom. The van der Waals surface area contributed by atoms with E-state index in [0.717, 1.165) is 16.5 Å². The molecule has 0 fully saturated rings. The van der Waals surface area contributed by atoms with Crippen LogP contribution in [-0.2, 0) is 5.75 Å². The van der Waals surface area contributed by atoms with Crippen LogP contribution in [0, 0.1) is 6.92 Å². The van der Waals surface area contributed by atoms with Crippen LogP contribution in [0.2, 0.25) is 5.15 Å². The number of benzene rings is 1. The van der Waals surface area contributed by atoms with Crippen molar-refractivity contribution in [2.75, 3.05) is 0 Å². The number of aryl methyl sites for hydroxylation is 1. The number of nitrogens with zero attached hydrogens (tertiary/aromatic N) is 2. The largest absolute Gasteiger partial charge is 0.231 e. The minimum Gasteiger partial charge on any atom is -0.231 e. The van der Waals surface area contributed by atoms with Crippen LogP contribution in [0.1, 0.15) is 11.1 Å². The van der Waals surface area contributed by atoms with E-state index in [4.69, 9.17) is 11.6 Å². The van der Waals surface area contributed by atoms with Gasteiger partial charge in [0.25, 0.3) is 0 Å². The molecule has 2 aromatic rings. The minimum absolute atomic E-state index is 0.533. The number of halogens is 1. The molecule has 0 amide bonds. The summed E-state index contributed by atoms with van der Waals surface area (Å²) in [5.74, 6) is 0.861. The third-order valence-electron chi connectivity index (χ3n) is 2.10. The molecule has 1 aromatic carbocycles. The average molecular weight is 251 g/mol. The average Bonchev–Trinajstić information content (AvgIpc) is 2.32. The van der Waals surface area contributed by atoms with Gasteiger partial charge in [0.2, 0.25) is 0 Å². The number of hydrogen-bond donors (Lipinski definition) is 0. The van der Waals surface area contributed by atoms with E-state index in [1.807, 2.05) is 25.1 Å². The zero-order chi connectivity index (χ0) is 11.4. The molecule has 0 saturated carbocycles. The summed E-state index contributed by atoms with van der Waals surface area (Å²) in [5, 5.41) is 1.25. The number of rotatable bonds is 3. The first-order valence-corrected chi connectivity index (χ1v) is 6.28. The molecule has 16 heavy (non-hydrogen) atoms. The summed E-state index contributed by atoms with van der Waals surface area (Å²) < 4.78 is 0. The lowest BCUT2D eigenvalue weighted by Gasteiger charge is -2.02. The standard InChI is InChI=1S/C12H11ClN2S/c1-9-7-14-12(15-11(9)13)16-8-10-5-3-2-4-6-10/h2-7H,8H2,1H3. The van der Waals surface area contributed by atoms with Crippen molar-refractivity contribution in [2.24, 2.45) is 0 Å². The quantitative estimate of drug-likeness (QED) is 0.472. The fraction of sp³-hybridized carbons (Fsp3) is 0.167. The van der Waals surface area contributed by atoms with Gasteiger partial charge in [0.15, 0.2) is 5.16 Å². The molecule has 0 spiro atoms. The van der Waals surface area contributed by atoms with E-state index >= 15 is 0 Å². The van der Waals surface area contributed by atoms with Crippen LogP contribution >= 0.6 is 23.4 Å². The maximum atomic E-state index is 5.93. The molecule has 1 aromatic heterocycles. The molecule has 0 radical (unpaired) electrons. The van der Waals surface area contributed by atoms with Gasteiger partial charge in [-0.1, -0.05) is 53.7 Å². The molecule has 4 heteroatoms. The Morgan fingerprint density at radius 3 is 2.69 bits per heavy atom. The van der Waals surface area contributed by atoms with Gasteiger partial charge in [0, 0.05) is 17.5 Å². The van der Waals surface area contributed by atoms with E-state index < -0.39 is 0 Å². The van der Waals surface area contributed by atoms with Crippen LogP contribution in [0.5, 0.6) is 0 Å². The topological polar surface area (TPSA) is 25.8 Å². The highest BCUT2D eigenvalue weighted by atomic mass is 35.5. The normalized spacial score (nSPS) is 10.4. The Balaban J connectivity index is 2.03. The molecule has 0 N–H and O–H groups in total. The van der Waals surface area contributed by atoms with Gasteiger partial charge in [0.05, 0.1) is 0 Å². The van der Waals surface area contributed by atoms with Crippen LogP contribution in [0.4, 0.5) is 0 Å². The van der Waals surface area contributed by atoms with Crippen LogP contribution in [-0.4, -0.2) is 9.97 Å². The van der Waals surface area contributed by atoms with Crippen molar-refractivity contribution in [3.63, 3.8) is 0 Å². The Kier molecular flexibility index (Phi) is 3.80. The predicted molar refractivity (Wildman–Crippen MR) is 67.8 cm³/mol. The van der Waals surface area contributed by atoms with Crippen LogP contribution in [0.3, 0.4) is 0 Å². The summed E-state index contributed by atoms with van der Waals surface area (Å²) in [5.41, 5.74) is 2.17. The molecule has 0 unspecified atom stereocenters. The molecule has 2 rings (SSSR count). The molecule has 0 atom stereocenters. The van der Waals surface area contributed by atoms with Gasteiger partial charge in [-0.15, -0.1) is 0 Å². The summed E-state index contributed by atoms with van der Waals surface area (Å²) >= 11 is 7.52. The Labute approximate surface area is 104 Å². The van der Waals surface area contributed by atoms with Gasteiger partial charge in [-0.25, -0.2) is 9.97 Å². The first kappa shape index (κ1) is 11.4. The van der Waals surface area contributed by atoms with E-state index in [0.29, 0.717) is 5.15 Å². The summed E-state index contributed by atoms with van der Waals surface area (Å²) in [6, 6.07) is 10.2. The second kappa shape index (κ2) is 5.32. The molecule has 0 saturated heterocycles. The lowest BCUT2D eigenvalue weighted by atomic mass is 10.2. The van der Waals surface area contributed by atoms with Gasteiger partial charge < -0.3 is 0 Å². The van der Waals surface area contributed by atoms with Crippen molar-refractivity contribution >= 4 is 23.4 Å². The molecule has 82 valence electrons. The van der Waals surface area contributed by atoms with Gasteiger partial charge >= 0.3 is 0 Å². The molecule has 0 aliphatic rings. The zero-order valence-electron chi connectivity index (χ0n) is 8.85. The van der Waals surface area contributed by atoms with Crippen LogP contribution in [0.15, 0.2) is 41.7 Å². The monoisotopic (exact) mass is 250 g/mol. The lowest BCUT2D eigenvalue weighted by Crippen LogP contribution is -1.90. The molecule has 2 nitrogen and oxygen atoms in total. The molecular weight excluding hydrogens is 240 g/mol. The Hall–Kier alpha value is -1.06. The van der Waals surface area contributed by atoms with Crippen molar-refractivity contribution in [2.45, 2.75) is 17.8 Å². The van der Waals surface area contributed by atoms with Crippen LogP contribution < -0.4 is 0 Å². The Morgan fingerprint density at radius 1 is 1.25 bits per heavy atom. The zero-order valence-corrected chi connectivity index (χ0v) is 10.4. The van der Waals surface area contributed by atoms with Crippen molar-refractivity contribution in [3.8, 4) is 0 Å². The van der Waals surface area contributed by atoms with Crippen molar-refractivity contribution in [1.29, 1.82) is 0 Å². The summed E-state index contributed by atoms with van der Waals surface area (Å²) in [7, 11) is 0. The summed E-state index contributed by atoms with van der Waals surface area (Å²) in [6.45, 7) is 1.90. The fourth-order valence-corrected chi connectivity index (χ4v) is 2.15. The molecule has 1 heterocycles. The molecule has 0 aliphatic carbocycles. The number of hydrogen-bond acceptors (Lipinski definition) is 3. The SMILES string of the molecule is Cc1cnc(SCc2ccccc2)nc1Cl. The van der Waals surface area contributed by atoms with Crippen molar-refractivity contribution < 1.29 is 0 Å². The molecular formula is C12H11ClN2S. The van der Waals surface area contributed by atoms with Gasteiger partial charge in [-0.2, -0.15) is 0 Å². The summed E-state index contributed by atoms with van der Waals surface area (Å²) in [6.07, 6.45) is 1.75. The first-order chi connectivity index (χ1) is 7.75. The maximum Gasteiger partial charge on any atom is 0.189 e. The maximum absolute atomic E-state index is 5.93. The highest BCUT2D eigenvalue weighted by Gasteiger charge is 2.02. The first-order valence-electron chi connectivity index (χ1n) is 4.91. The smallest absolute Gasteiger partial charge is 0.189 e. The number of aromatic nitrogens is 2. The molecule has 0 aliphatic heterocycles. The second-order valence-corrected chi connectivity index (χ2v) is 4.70. The van der Waals surface area contributed by atoms with E-state index in [-0.39, 0.29) is 0 Å². The second-order valence-electron chi connectivity index (χ2n) is 3.40. The van der Waals surface area contributed by atoms with E-state index in [2.05, 4.69) is 22.1 Å². The van der Waals surface area contributed by atoms with E-state index in [1.54, 1.807) is 18.0 Å². The Bertz CT molecular complexity index is 474. The fourth-order valence-electron chi connectivity index (χ4n) is 1.20. The minimum atomic E-state index is 0.533. The third kappa shape index (κ3) is 2.97. The van der Waals surface area contributed by atoms with E-state index in [1.165, 1.54) is 5.56 Å². The van der Waals surface area contributed by atoms with Gasteiger partial charge in [-0.3, -0.25) is 0 Å². The van der Waals surface area contributed by atoms with Crippen LogP contribution in [0.25, 0.3) is 0 Å². The van der Waals surface area contributed by atoms with Gasteiger partial charge in [-0.05, 0) is 12.5 Å². The molecule has 0 bridgehead atoms. The third-order valence-corrected chi connectivity index (χ3v) is 3.41. The van der Waals surface area contributed by atoms with Crippen molar-refractivity contribution in [1.82, 2.24) is 9.97 Å². The van der Waals surface area contributed by atoms with Crippen molar-refractivity contribution in [3.05, 3.63) is 52.8 Å². The van der Waals surface area contributed by atoms with Gasteiger partial charge in [0.1, 0.15) is 5.15 Å². The van der Waals surface area contributed by atoms with E-state index in [9.17, 15) is 0 Å². The highest BCUT2D eigenvalue weighted by Crippen LogP contribution is 2.21. The lowest BCUT2D eigenvalue weighted by molar-refractivity contribution is 0.950. The number of thioether (sulfide) groups is 1. The summed E-state index contributed by atoms with van der Waals surface area (Å²) in [4.78, 5) is 8.43. The predicted octanol–water partition coefficient (Wildman–Crippen LogP) is 3.73. The highest BCUT2D eigenvalue weighted by molar-refractivity contribution is 7.98.